The molecule has 5 N–H and O–H groups in total. The first-order chi connectivity index (χ1) is 14.9. The van der Waals surface area contributed by atoms with Crippen molar-refractivity contribution >= 4 is 30.0 Å². The van der Waals surface area contributed by atoms with Gasteiger partial charge in [0.15, 0.2) is 0 Å². The zero-order chi connectivity index (χ0) is 22.6. The number of nitrogens with zero attached hydrogens (tertiary/aromatic N) is 2. The second-order valence-corrected chi connectivity index (χ2v) is 7.32. The number of amides is 3. The third-order valence-corrected chi connectivity index (χ3v) is 5.22. The molecule has 0 aromatic carbocycles. The lowest BCUT2D eigenvalue weighted by atomic mass is 9.85. The molecule has 0 spiro atoms. The van der Waals surface area contributed by atoms with E-state index in [1.165, 1.54) is 0 Å². The highest BCUT2D eigenvalue weighted by Gasteiger charge is 2.27. The highest BCUT2D eigenvalue weighted by atomic mass is 16.5. The monoisotopic (exact) mass is 435 g/mol. The van der Waals surface area contributed by atoms with Gasteiger partial charge < -0.3 is 31.1 Å². The summed E-state index contributed by atoms with van der Waals surface area (Å²) in [6.07, 6.45) is 4.38. The van der Waals surface area contributed by atoms with E-state index in [2.05, 4.69) is 20.5 Å². The Morgan fingerprint density at radius 2 is 1.84 bits per heavy atom. The van der Waals surface area contributed by atoms with Gasteiger partial charge >= 0.3 is 0 Å². The van der Waals surface area contributed by atoms with E-state index in [1.807, 2.05) is 6.07 Å². The Labute approximate surface area is 180 Å². The lowest BCUT2D eigenvalue weighted by Crippen LogP contribution is -2.42. The maximum Gasteiger partial charge on any atom is 0.290 e. The van der Waals surface area contributed by atoms with Crippen molar-refractivity contribution in [3.05, 3.63) is 23.9 Å². The van der Waals surface area contributed by atoms with Gasteiger partial charge in [0, 0.05) is 31.2 Å². The minimum absolute atomic E-state index is 0.0339. The number of carbonyl (C=O) groups excluding carboxylic acids is 3. The molecule has 1 aromatic heterocycles. The van der Waals surface area contributed by atoms with Crippen molar-refractivity contribution in [3.63, 3.8) is 0 Å². The van der Waals surface area contributed by atoms with E-state index in [0.717, 1.165) is 31.7 Å². The number of aromatic nitrogens is 1. The van der Waals surface area contributed by atoms with Crippen LogP contribution in [0.25, 0.3) is 0 Å². The fourth-order valence-corrected chi connectivity index (χ4v) is 3.59. The number of nitrogens with one attached hydrogen (secondary N) is 2. The molecule has 3 rings (SSSR count). The number of morpholine rings is 1. The largest absolute Gasteiger partial charge is 0.483 e. The molecule has 11 heteroatoms. The molecular formula is C20H29N5O6. The van der Waals surface area contributed by atoms with Gasteiger partial charge in [0.05, 0.1) is 25.3 Å². The molecule has 0 unspecified atom stereocenters. The average molecular weight is 435 g/mol. The zero-order valence-electron chi connectivity index (χ0n) is 17.3. The summed E-state index contributed by atoms with van der Waals surface area (Å²) in [6, 6.07) is 3.68. The van der Waals surface area contributed by atoms with E-state index in [9.17, 15) is 14.4 Å². The molecule has 2 aliphatic rings. The van der Waals surface area contributed by atoms with Crippen molar-refractivity contribution < 1.29 is 29.0 Å². The number of rotatable bonds is 6. The van der Waals surface area contributed by atoms with Crippen LogP contribution in [-0.2, 0) is 19.1 Å². The van der Waals surface area contributed by atoms with Crippen LogP contribution in [0.15, 0.2) is 18.3 Å². The van der Waals surface area contributed by atoms with Crippen molar-refractivity contribution in [3.8, 4) is 0 Å². The van der Waals surface area contributed by atoms with Crippen molar-refractivity contribution in [2.24, 2.45) is 11.7 Å². The summed E-state index contributed by atoms with van der Waals surface area (Å²) in [5.41, 5.74) is 5.57. The first-order valence-corrected chi connectivity index (χ1v) is 10.2. The van der Waals surface area contributed by atoms with E-state index >= 15 is 0 Å². The second kappa shape index (κ2) is 12.5. The summed E-state index contributed by atoms with van der Waals surface area (Å²) in [6.45, 7) is 2.59. The highest BCUT2D eigenvalue weighted by molar-refractivity contribution is 5.94. The van der Waals surface area contributed by atoms with Crippen LogP contribution >= 0.6 is 0 Å². The standard InChI is InChI=1S/C19H27N5O4.CH2O2/c20-16(25)12-22-18(26)13-1-4-15(5-2-13)23-19(27)14-3-6-17(21-11-14)24-7-9-28-10-8-24;2-1-3/h3,6,11,13,15H,1-2,4-5,7-10,12H2,(H2,20,25)(H,22,26)(H,23,27);1H,(H,2,3). The number of carbonyl (C=O) groups is 4. The topological polar surface area (TPSA) is 164 Å². The number of hydrogen-bond acceptors (Lipinski definition) is 7. The minimum atomic E-state index is -0.553. The van der Waals surface area contributed by atoms with Crippen LogP contribution in [0.5, 0.6) is 0 Å². The Morgan fingerprint density at radius 1 is 1.19 bits per heavy atom. The van der Waals surface area contributed by atoms with Crippen molar-refractivity contribution in [1.29, 1.82) is 0 Å². The summed E-state index contributed by atoms with van der Waals surface area (Å²) >= 11 is 0. The van der Waals surface area contributed by atoms with Crippen LogP contribution in [0.2, 0.25) is 0 Å². The predicted octanol–water partition coefficient (Wildman–Crippen LogP) is -0.491. The number of carboxylic acid groups (broad SMARTS) is 1. The van der Waals surface area contributed by atoms with Crippen molar-refractivity contribution in [1.82, 2.24) is 15.6 Å². The zero-order valence-corrected chi connectivity index (χ0v) is 17.3. The van der Waals surface area contributed by atoms with Gasteiger partial charge in [-0.1, -0.05) is 0 Å². The molecule has 2 fully saturated rings. The fourth-order valence-electron chi connectivity index (χ4n) is 3.59. The summed E-state index contributed by atoms with van der Waals surface area (Å²) in [7, 11) is 0. The fraction of sp³-hybridized carbons (Fsp3) is 0.550. The Hall–Kier alpha value is -3.21. The van der Waals surface area contributed by atoms with Crippen LogP contribution in [-0.4, -0.2) is 73.2 Å². The second-order valence-electron chi connectivity index (χ2n) is 7.32. The third-order valence-electron chi connectivity index (χ3n) is 5.22. The number of nitrogens with two attached hydrogens (primary N) is 1. The highest BCUT2D eigenvalue weighted by Crippen LogP contribution is 2.24. The maximum atomic E-state index is 12.5. The molecule has 11 nitrogen and oxygen atoms in total. The molecule has 0 radical (unpaired) electrons. The van der Waals surface area contributed by atoms with Gasteiger partial charge in [-0.15, -0.1) is 0 Å². The van der Waals surface area contributed by atoms with Crippen molar-refractivity contribution in [2.45, 2.75) is 31.7 Å². The molecule has 170 valence electrons. The van der Waals surface area contributed by atoms with Gasteiger partial charge in [0.2, 0.25) is 11.8 Å². The van der Waals surface area contributed by atoms with Crippen LogP contribution in [0.1, 0.15) is 36.0 Å². The van der Waals surface area contributed by atoms with Gasteiger partial charge in [-0.05, 0) is 37.8 Å². The van der Waals surface area contributed by atoms with Crippen LogP contribution in [0.4, 0.5) is 5.82 Å². The van der Waals surface area contributed by atoms with Crippen molar-refractivity contribution in [2.75, 3.05) is 37.7 Å². The Kier molecular flexibility index (Phi) is 9.69. The number of anilines is 1. The predicted molar refractivity (Wildman–Crippen MR) is 111 cm³/mol. The number of primary amides is 1. The van der Waals surface area contributed by atoms with E-state index in [0.29, 0.717) is 31.6 Å². The summed E-state index contributed by atoms with van der Waals surface area (Å²) < 4.78 is 5.33. The Bertz CT molecular complexity index is 743. The molecule has 1 aliphatic heterocycles. The van der Waals surface area contributed by atoms with E-state index in [4.69, 9.17) is 20.4 Å². The Morgan fingerprint density at radius 3 is 2.39 bits per heavy atom. The van der Waals surface area contributed by atoms with E-state index in [-0.39, 0.29) is 36.8 Å². The SMILES string of the molecule is NC(=O)CNC(=O)C1CCC(NC(=O)c2ccc(N3CCOCC3)nc2)CC1.O=CO. The molecule has 2 heterocycles. The lowest BCUT2D eigenvalue weighted by Gasteiger charge is -2.29. The van der Waals surface area contributed by atoms with Crippen LogP contribution < -0.4 is 21.3 Å². The molecule has 0 atom stereocenters. The van der Waals surface area contributed by atoms with Gasteiger partial charge in [0.25, 0.3) is 12.4 Å². The molecule has 31 heavy (non-hydrogen) atoms. The lowest BCUT2D eigenvalue weighted by molar-refractivity contribution is -0.128. The Balaban J connectivity index is 0.00000107. The maximum absolute atomic E-state index is 12.5. The van der Waals surface area contributed by atoms with Crippen LogP contribution in [0, 0.1) is 5.92 Å². The van der Waals surface area contributed by atoms with Gasteiger partial charge in [-0.25, -0.2) is 4.98 Å². The summed E-state index contributed by atoms with van der Waals surface area (Å²) in [4.78, 5) is 50.1. The molecule has 3 amide bonds. The molecule has 0 bridgehead atoms. The third kappa shape index (κ3) is 7.85. The minimum Gasteiger partial charge on any atom is -0.483 e. The normalized spacial score (nSPS) is 20.6. The van der Waals surface area contributed by atoms with Gasteiger partial charge in [-0.2, -0.15) is 0 Å². The quantitative estimate of drug-likeness (QED) is 0.435. The number of hydrogen-bond donors (Lipinski definition) is 4. The molecule has 1 aromatic rings. The smallest absolute Gasteiger partial charge is 0.290 e. The first-order valence-electron chi connectivity index (χ1n) is 10.2. The summed E-state index contributed by atoms with van der Waals surface area (Å²) in [5.74, 6) is -0.138. The molecular weight excluding hydrogens is 406 g/mol. The molecule has 1 saturated heterocycles. The van der Waals surface area contributed by atoms with Crippen LogP contribution in [0.3, 0.4) is 0 Å². The molecule has 1 aliphatic carbocycles. The first kappa shape index (κ1) is 24.1. The summed E-state index contributed by atoms with van der Waals surface area (Å²) in [5, 5.41) is 12.5. The average Bonchev–Trinajstić information content (AvgIpc) is 2.79. The molecule has 1 saturated carbocycles. The number of ether oxygens (including phenoxy) is 1. The van der Waals surface area contributed by atoms with Gasteiger partial charge in [-0.3, -0.25) is 19.2 Å². The van der Waals surface area contributed by atoms with Gasteiger partial charge in [0.1, 0.15) is 5.82 Å². The van der Waals surface area contributed by atoms with E-state index in [1.54, 1.807) is 12.3 Å². The number of pyridine rings is 1. The van der Waals surface area contributed by atoms with E-state index < -0.39 is 5.91 Å².